The van der Waals surface area contributed by atoms with Gasteiger partial charge in [0.2, 0.25) is 0 Å². The van der Waals surface area contributed by atoms with E-state index >= 15 is 0 Å². The van der Waals surface area contributed by atoms with Crippen LogP contribution in [0, 0.1) is 5.92 Å². The van der Waals surface area contributed by atoms with Gasteiger partial charge >= 0.3 is 0 Å². The maximum absolute atomic E-state index is 5.64. The molecule has 1 heterocycles. The Hall–Kier alpha value is 0.540. The summed E-state index contributed by atoms with van der Waals surface area (Å²) in [7, 11) is 2.21. The van der Waals surface area contributed by atoms with Crippen LogP contribution in [0.15, 0.2) is 0 Å². The molecule has 0 amide bonds. The first-order valence-electron chi connectivity index (χ1n) is 4.57. The maximum atomic E-state index is 5.64. The van der Waals surface area contributed by atoms with Crippen molar-refractivity contribution >= 4 is 24.0 Å². The van der Waals surface area contributed by atoms with E-state index in [-0.39, 0.29) is 12.4 Å². The Balaban J connectivity index is 0.00000121. The summed E-state index contributed by atoms with van der Waals surface area (Å²) in [4.78, 5) is 2.41. The molecule has 0 spiro atoms. The van der Waals surface area contributed by atoms with E-state index in [0.717, 1.165) is 11.8 Å². The van der Waals surface area contributed by atoms with Crippen molar-refractivity contribution in [3.05, 3.63) is 0 Å². The second-order valence-electron chi connectivity index (χ2n) is 3.58. The first-order valence-corrected chi connectivity index (χ1v) is 5.11. The third-order valence-corrected chi connectivity index (χ3v) is 2.85. The molecule has 0 bridgehead atoms. The van der Waals surface area contributed by atoms with Crippen molar-refractivity contribution in [3.8, 4) is 0 Å². The Bertz CT molecular complexity index is 97.9. The molecule has 0 atom stereocenters. The third-order valence-electron chi connectivity index (χ3n) is 2.58. The number of alkyl halides is 1. The molecule has 0 N–H and O–H groups in total. The van der Waals surface area contributed by atoms with E-state index in [0.29, 0.717) is 0 Å². The minimum Gasteiger partial charge on any atom is -0.306 e. The summed E-state index contributed by atoms with van der Waals surface area (Å²) in [5.74, 6) is 1.80. The fourth-order valence-corrected chi connectivity index (χ4v) is 1.87. The van der Waals surface area contributed by atoms with E-state index in [1.165, 1.54) is 38.8 Å². The second-order valence-corrected chi connectivity index (χ2v) is 3.96. The highest BCUT2D eigenvalue weighted by Gasteiger charge is 2.15. The van der Waals surface area contributed by atoms with Gasteiger partial charge in [-0.2, -0.15) is 0 Å². The number of halogens is 2. The standard InChI is InChI=1S/C9H18ClN.ClH/c1-11-7-4-9(5-8-11)3-2-6-10;/h9H,2-8H2,1H3;1H. The molecule has 12 heavy (non-hydrogen) atoms. The van der Waals surface area contributed by atoms with E-state index in [2.05, 4.69) is 11.9 Å². The zero-order chi connectivity index (χ0) is 8.10. The molecule has 1 aliphatic rings. The SMILES string of the molecule is CN1CCC(CCCCl)CC1.Cl. The first kappa shape index (κ1) is 12.5. The predicted octanol–water partition coefficient (Wildman–Crippen LogP) is 2.77. The Morgan fingerprint density at radius 3 is 2.42 bits per heavy atom. The number of likely N-dealkylation sites (tertiary alicyclic amines) is 1. The number of rotatable bonds is 3. The Labute approximate surface area is 86.9 Å². The van der Waals surface area contributed by atoms with Gasteiger partial charge in [0.1, 0.15) is 0 Å². The molecular formula is C9H19Cl2N. The minimum atomic E-state index is 0. The predicted molar refractivity (Wildman–Crippen MR) is 57.4 cm³/mol. The average Bonchev–Trinajstić information content (AvgIpc) is 2.04. The van der Waals surface area contributed by atoms with E-state index in [4.69, 9.17) is 11.6 Å². The molecule has 1 aliphatic heterocycles. The van der Waals surface area contributed by atoms with Crippen LogP contribution in [0.5, 0.6) is 0 Å². The first-order chi connectivity index (χ1) is 5.33. The fraction of sp³-hybridized carbons (Fsp3) is 1.00. The highest BCUT2D eigenvalue weighted by molar-refractivity contribution is 6.17. The fourth-order valence-electron chi connectivity index (χ4n) is 1.72. The Kier molecular flexibility index (Phi) is 7.31. The van der Waals surface area contributed by atoms with Crippen molar-refractivity contribution in [1.82, 2.24) is 4.90 Å². The molecule has 0 unspecified atom stereocenters. The van der Waals surface area contributed by atoms with Gasteiger partial charge in [-0.25, -0.2) is 0 Å². The zero-order valence-electron chi connectivity index (χ0n) is 7.76. The molecule has 0 aromatic carbocycles. The summed E-state index contributed by atoms with van der Waals surface area (Å²) in [6.45, 7) is 2.57. The quantitative estimate of drug-likeness (QED) is 0.650. The normalized spacial score (nSPS) is 20.5. The molecule has 1 saturated heterocycles. The van der Waals surface area contributed by atoms with Gasteiger partial charge in [0.15, 0.2) is 0 Å². The molecule has 0 aromatic rings. The lowest BCUT2D eigenvalue weighted by Gasteiger charge is -2.28. The maximum Gasteiger partial charge on any atom is 0.0223 e. The van der Waals surface area contributed by atoms with Crippen LogP contribution >= 0.6 is 24.0 Å². The van der Waals surface area contributed by atoms with Crippen LogP contribution in [0.25, 0.3) is 0 Å². The lowest BCUT2D eigenvalue weighted by molar-refractivity contribution is 0.212. The summed E-state index contributed by atoms with van der Waals surface area (Å²) >= 11 is 5.64. The smallest absolute Gasteiger partial charge is 0.0223 e. The van der Waals surface area contributed by atoms with Gasteiger partial charge < -0.3 is 4.90 Å². The number of hydrogen-bond acceptors (Lipinski definition) is 1. The Morgan fingerprint density at radius 2 is 1.92 bits per heavy atom. The van der Waals surface area contributed by atoms with Gasteiger partial charge in [-0.3, -0.25) is 0 Å². The molecular weight excluding hydrogens is 193 g/mol. The largest absolute Gasteiger partial charge is 0.306 e. The molecule has 74 valence electrons. The van der Waals surface area contributed by atoms with Crippen LogP contribution in [0.4, 0.5) is 0 Å². The van der Waals surface area contributed by atoms with Crippen LogP contribution in [0.3, 0.4) is 0 Å². The summed E-state index contributed by atoms with van der Waals surface area (Å²) in [6.07, 6.45) is 5.31. The van der Waals surface area contributed by atoms with E-state index in [1.807, 2.05) is 0 Å². The van der Waals surface area contributed by atoms with Crippen LogP contribution in [0.2, 0.25) is 0 Å². The van der Waals surface area contributed by atoms with Crippen LogP contribution < -0.4 is 0 Å². The van der Waals surface area contributed by atoms with Crippen molar-refractivity contribution in [2.24, 2.45) is 5.92 Å². The topological polar surface area (TPSA) is 3.24 Å². The van der Waals surface area contributed by atoms with E-state index in [1.54, 1.807) is 0 Å². The van der Waals surface area contributed by atoms with Crippen molar-refractivity contribution in [2.75, 3.05) is 26.0 Å². The van der Waals surface area contributed by atoms with Gasteiger partial charge in [-0.1, -0.05) is 0 Å². The summed E-state index contributed by atoms with van der Waals surface area (Å²) in [5.41, 5.74) is 0. The molecule has 3 heteroatoms. The minimum absolute atomic E-state index is 0. The van der Waals surface area contributed by atoms with Crippen molar-refractivity contribution in [3.63, 3.8) is 0 Å². The lowest BCUT2D eigenvalue weighted by Crippen LogP contribution is -2.30. The molecule has 1 fully saturated rings. The zero-order valence-corrected chi connectivity index (χ0v) is 9.33. The average molecular weight is 212 g/mol. The van der Waals surface area contributed by atoms with Gasteiger partial charge in [-0.05, 0) is 51.7 Å². The van der Waals surface area contributed by atoms with Crippen LogP contribution in [-0.2, 0) is 0 Å². The molecule has 0 aromatic heterocycles. The van der Waals surface area contributed by atoms with Crippen molar-refractivity contribution in [2.45, 2.75) is 25.7 Å². The molecule has 0 aliphatic carbocycles. The van der Waals surface area contributed by atoms with E-state index < -0.39 is 0 Å². The van der Waals surface area contributed by atoms with Gasteiger partial charge in [0.05, 0.1) is 0 Å². The van der Waals surface area contributed by atoms with Crippen LogP contribution in [0.1, 0.15) is 25.7 Å². The van der Waals surface area contributed by atoms with Gasteiger partial charge in [0, 0.05) is 5.88 Å². The molecule has 1 rings (SSSR count). The van der Waals surface area contributed by atoms with Crippen LogP contribution in [-0.4, -0.2) is 30.9 Å². The van der Waals surface area contributed by atoms with Crippen molar-refractivity contribution < 1.29 is 0 Å². The van der Waals surface area contributed by atoms with E-state index in [9.17, 15) is 0 Å². The lowest BCUT2D eigenvalue weighted by atomic mass is 9.93. The highest BCUT2D eigenvalue weighted by atomic mass is 35.5. The highest BCUT2D eigenvalue weighted by Crippen LogP contribution is 2.20. The number of nitrogens with zero attached hydrogens (tertiary/aromatic N) is 1. The summed E-state index contributed by atoms with van der Waals surface area (Å²) in [6, 6.07) is 0. The summed E-state index contributed by atoms with van der Waals surface area (Å²) in [5, 5.41) is 0. The monoisotopic (exact) mass is 211 g/mol. The third kappa shape index (κ3) is 4.54. The molecule has 0 radical (unpaired) electrons. The number of hydrogen-bond donors (Lipinski definition) is 0. The van der Waals surface area contributed by atoms with Gasteiger partial charge in [-0.15, -0.1) is 24.0 Å². The molecule has 1 nitrogen and oxygen atoms in total. The second kappa shape index (κ2) is 6.99. The number of piperidine rings is 1. The summed E-state index contributed by atoms with van der Waals surface area (Å²) < 4.78 is 0. The Morgan fingerprint density at radius 1 is 1.33 bits per heavy atom. The molecule has 0 saturated carbocycles. The van der Waals surface area contributed by atoms with Gasteiger partial charge in [0.25, 0.3) is 0 Å². The van der Waals surface area contributed by atoms with Crippen molar-refractivity contribution in [1.29, 1.82) is 0 Å².